The van der Waals surface area contributed by atoms with Gasteiger partial charge in [0.2, 0.25) is 0 Å². The predicted molar refractivity (Wildman–Crippen MR) is 53.0 cm³/mol. The molecule has 3 heteroatoms. The first-order valence-electron chi connectivity index (χ1n) is 4.85. The van der Waals surface area contributed by atoms with E-state index >= 15 is 0 Å². The Morgan fingerprint density at radius 2 is 1.86 bits per heavy atom. The molecule has 0 rings (SSSR count). The van der Waals surface area contributed by atoms with Crippen molar-refractivity contribution in [3.63, 3.8) is 0 Å². The zero-order chi connectivity index (χ0) is 11.2. The van der Waals surface area contributed by atoms with Gasteiger partial charge in [0.05, 0.1) is 0 Å². The van der Waals surface area contributed by atoms with Crippen LogP contribution in [0.15, 0.2) is 23.8 Å². The Labute approximate surface area is 83.5 Å². The van der Waals surface area contributed by atoms with Crippen LogP contribution in [0.4, 0.5) is 13.2 Å². The lowest BCUT2D eigenvalue weighted by atomic mass is 9.96. The molecule has 1 atom stereocenters. The van der Waals surface area contributed by atoms with Gasteiger partial charge >= 0.3 is 6.18 Å². The second kappa shape index (κ2) is 5.89. The SMILES string of the molecule is CC/C(=C/C=C/C(F)(F)F)C(C)CC. The highest BCUT2D eigenvalue weighted by Gasteiger charge is 2.21. The average Bonchev–Trinajstić information content (AvgIpc) is 2.09. The van der Waals surface area contributed by atoms with E-state index in [1.54, 1.807) is 6.08 Å². The molecule has 0 aliphatic heterocycles. The molecule has 0 spiro atoms. The van der Waals surface area contributed by atoms with Crippen LogP contribution in [0, 0.1) is 5.92 Å². The first-order chi connectivity index (χ1) is 6.40. The van der Waals surface area contributed by atoms with E-state index in [1.807, 2.05) is 20.8 Å². The third kappa shape index (κ3) is 5.84. The van der Waals surface area contributed by atoms with Crippen molar-refractivity contribution in [1.29, 1.82) is 0 Å². The Bertz CT molecular complexity index is 211. The van der Waals surface area contributed by atoms with E-state index in [9.17, 15) is 13.2 Å². The maximum atomic E-state index is 11.8. The van der Waals surface area contributed by atoms with Crippen LogP contribution in [0.2, 0.25) is 0 Å². The molecular weight excluding hydrogens is 189 g/mol. The molecule has 0 nitrogen and oxygen atoms in total. The summed E-state index contributed by atoms with van der Waals surface area (Å²) in [7, 11) is 0. The zero-order valence-corrected chi connectivity index (χ0v) is 8.86. The lowest BCUT2D eigenvalue weighted by molar-refractivity contribution is -0.0798. The number of halogens is 3. The smallest absolute Gasteiger partial charge is 0.167 e. The topological polar surface area (TPSA) is 0 Å². The molecule has 0 aliphatic carbocycles. The summed E-state index contributed by atoms with van der Waals surface area (Å²) in [5.74, 6) is 0.359. The fourth-order valence-electron chi connectivity index (χ4n) is 1.17. The summed E-state index contributed by atoms with van der Waals surface area (Å²) >= 11 is 0. The van der Waals surface area contributed by atoms with Crippen molar-refractivity contribution in [2.45, 2.75) is 39.8 Å². The highest BCUT2D eigenvalue weighted by molar-refractivity contribution is 5.15. The normalized spacial score (nSPS) is 16.3. The van der Waals surface area contributed by atoms with Gasteiger partial charge in [-0.15, -0.1) is 0 Å². The van der Waals surface area contributed by atoms with Crippen molar-refractivity contribution in [2.75, 3.05) is 0 Å². The van der Waals surface area contributed by atoms with E-state index in [2.05, 4.69) is 0 Å². The van der Waals surface area contributed by atoms with Crippen LogP contribution in [-0.2, 0) is 0 Å². The van der Waals surface area contributed by atoms with Crippen molar-refractivity contribution < 1.29 is 13.2 Å². The van der Waals surface area contributed by atoms with Crippen LogP contribution in [0.25, 0.3) is 0 Å². The second-order valence-electron chi connectivity index (χ2n) is 3.31. The molecule has 0 saturated carbocycles. The Morgan fingerprint density at radius 3 is 2.21 bits per heavy atom. The fourth-order valence-corrected chi connectivity index (χ4v) is 1.17. The van der Waals surface area contributed by atoms with Crippen molar-refractivity contribution in [3.05, 3.63) is 23.8 Å². The standard InChI is InChI=1S/C11H17F3/c1-4-9(3)10(5-2)7-6-8-11(12,13)14/h6-9H,4-5H2,1-3H3/b8-6+,10-7-. The maximum Gasteiger partial charge on any atom is 0.409 e. The van der Waals surface area contributed by atoms with Gasteiger partial charge in [-0.05, 0) is 18.8 Å². The van der Waals surface area contributed by atoms with Crippen LogP contribution in [0.5, 0.6) is 0 Å². The van der Waals surface area contributed by atoms with Crippen molar-refractivity contribution in [3.8, 4) is 0 Å². The second-order valence-corrected chi connectivity index (χ2v) is 3.31. The first-order valence-corrected chi connectivity index (χ1v) is 4.85. The minimum Gasteiger partial charge on any atom is -0.167 e. The summed E-state index contributed by atoms with van der Waals surface area (Å²) in [5.41, 5.74) is 1.06. The van der Waals surface area contributed by atoms with Gasteiger partial charge < -0.3 is 0 Å². The van der Waals surface area contributed by atoms with Crippen molar-refractivity contribution in [1.82, 2.24) is 0 Å². The minimum atomic E-state index is -4.20. The van der Waals surface area contributed by atoms with E-state index in [1.165, 1.54) is 0 Å². The summed E-state index contributed by atoms with van der Waals surface area (Å²) in [5, 5.41) is 0. The minimum absolute atomic E-state index is 0.269. The highest BCUT2D eigenvalue weighted by atomic mass is 19.4. The highest BCUT2D eigenvalue weighted by Crippen LogP contribution is 2.19. The molecular formula is C11H17F3. The van der Waals surface area contributed by atoms with Crippen LogP contribution < -0.4 is 0 Å². The quantitative estimate of drug-likeness (QED) is 0.594. The summed E-state index contributed by atoms with van der Waals surface area (Å²) in [6, 6.07) is 0. The fraction of sp³-hybridized carbons (Fsp3) is 0.636. The third-order valence-electron chi connectivity index (χ3n) is 2.25. The van der Waals surface area contributed by atoms with Crippen molar-refractivity contribution >= 4 is 0 Å². The molecule has 0 aromatic carbocycles. The average molecular weight is 206 g/mol. The van der Waals surface area contributed by atoms with Crippen LogP contribution in [-0.4, -0.2) is 6.18 Å². The van der Waals surface area contributed by atoms with Gasteiger partial charge in [-0.3, -0.25) is 0 Å². The molecule has 82 valence electrons. The van der Waals surface area contributed by atoms with Gasteiger partial charge in [0.1, 0.15) is 0 Å². The molecule has 0 bridgehead atoms. The largest absolute Gasteiger partial charge is 0.409 e. The van der Waals surface area contributed by atoms with Crippen LogP contribution >= 0.6 is 0 Å². The molecule has 0 aromatic rings. The van der Waals surface area contributed by atoms with Gasteiger partial charge in [-0.25, -0.2) is 0 Å². The molecule has 0 saturated heterocycles. The molecule has 0 aliphatic rings. The van der Waals surface area contributed by atoms with Crippen molar-refractivity contribution in [2.24, 2.45) is 5.92 Å². The van der Waals surface area contributed by atoms with Gasteiger partial charge in [0, 0.05) is 6.08 Å². The molecule has 0 aromatic heterocycles. The van der Waals surface area contributed by atoms with Crippen LogP contribution in [0.3, 0.4) is 0 Å². The summed E-state index contributed by atoms with van der Waals surface area (Å²) in [6.07, 6.45) is 0.485. The number of hydrogen-bond acceptors (Lipinski definition) is 0. The number of rotatable bonds is 4. The molecule has 14 heavy (non-hydrogen) atoms. The van der Waals surface area contributed by atoms with E-state index < -0.39 is 6.18 Å². The molecule has 1 unspecified atom stereocenters. The van der Waals surface area contributed by atoms with Crippen LogP contribution in [0.1, 0.15) is 33.6 Å². The van der Waals surface area contributed by atoms with E-state index in [0.717, 1.165) is 24.5 Å². The number of hydrogen-bond donors (Lipinski definition) is 0. The summed E-state index contributed by atoms with van der Waals surface area (Å²) < 4.78 is 35.3. The van der Waals surface area contributed by atoms with E-state index in [4.69, 9.17) is 0 Å². The summed E-state index contributed by atoms with van der Waals surface area (Å²) in [4.78, 5) is 0. The Hall–Kier alpha value is -0.730. The molecule has 0 amide bonds. The van der Waals surface area contributed by atoms with Gasteiger partial charge in [0.15, 0.2) is 0 Å². The molecule has 0 heterocycles. The molecule has 0 radical (unpaired) electrons. The van der Waals surface area contributed by atoms with Gasteiger partial charge in [0.25, 0.3) is 0 Å². The van der Waals surface area contributed by atoms with E-state index in [-0.39, 0.29) is 6.08 Å². The lowest BCUT2D eigenvalue weighted by Gasteiger charge is -2.10. The Morgan fingerprint density at radius 1 is 1.29 bits per heavy atom. The Balaban J connectivity index is 4.39. The first kappa shape index (κ1) is 13.3. The zero-order valence-electron chi connectivity index (χ0n) is 8.86. The predicted octanol–water partition coefficient (Wildman–Crippen LogP) is 4.49. The summed E-state index contributed by atoms with van der Waals surface area (Å²) in [6.45, 7) is 6.01. The molecule has 0 N–H and O–H groups in total. The maximum absolute atomic E-state index is 11.8. The van der Waals surface area contributed by atoms with E-state index in [0.29, 0.717) is 5.92 Å². The monoisotopic (exact) mass is 206 g/mol. The van der Waals surface area contributed by atoms with Gasteiger partial charge in [-0.2, -0.15) is 13.2 Å². The Kier molecular flexibility index (Phi) is 5.58. The molecule has 0 fully saturated rings. The number of alkyl halides is 3. The lowest BCUT2D eigenvalue weighted by Crippen LogP contribution is -2.00. The number of allylic oxidation sites excluding steroid dienone is 4. The third-order valence-corrected chi connectivity index (χ3v) is 2.25. The van der Waals surface area contributed by atoms with Gasteiger partial charge in [-0.1, -0.05) is 38.5 Å².